The summed E-state index contributed by atoms with van der Waals surface area (Å²) in [4.78, 5) is 23.7. The number of hydrogen-bond donors (Lipinski definition) is 0. The second-order valence-electron chi connectivity index (χ2n) is 4.00. The Labute approximate surface area is 98.7 Å². The summed E-state index contributed by atoms with van der Waals surface area (Å²) in [6, 6.07) is 0. The van der Waals surface area contributed by atoms with Gasteiger partial charge in [-0.1, -0.05) is 22.4 Å². The molecule has 0 N–H and O–H groups in total. The minimum Gasteiger partial charge on any atom is -0.468 e. The molecule has 1 saturated carbocycles. The third-order valence-electron chi connectivity index (χ3n) is 3.10. The van der Waals surface area contributed by atoms with Crippen LogP contribution < -0.4 is 0 Å². The van der Waals surface area contributed by atoms with Crippen LogP contribution in [-0.2, 0) is 14.3 Å². The first-order valence-electron chi connectivity index (χ1n) is 5.35. The molecular formula is C11H17BrO3. The number of carbonyl (C=O) groups is 2. The van der Waals surface area contributed by atoms with Gasteiger partial charge in [0.25, 0.3) is 0 Å². The van der Waals surface area contributed by atoms with E-state index in [1.54, 1.807) is 0 Å². The van der Waals surface area contributed by atoms with E-state index >= 15 is 0 Å². The lowest BCUT2D eigenvalue weighted by Gasteiger charge is -2.32. The fraction of sp³-hybridized carbons (Fsp3) is 0.818. The van der Waals surface area contributed by atoms with Gasteiger partial charge in [-0.2, -0.15) is 0 Å². The molecular weight excluding hydrogens is 260 g/mol. The predicted octanol–water partition coefficient (Wildman–Crippen LogP) is 2.46. The van der Waals surface area contributed by atoms with Crippen LogP contribution in [0.1, 0.15) is 38.5 Å². The van der Waals surface area contributed by atoms with Gasteiger partial charge in [0.2, 0.25) is 0 Å². The zero-order valence-corrected chi connectivity index (χ0v) is 10.6. The number of alkyl halides is 1. The molecule has 0 aromatic rings. The van der Waals surface area contributed by atoms with Gasteiger partial charge in [-0.05, 0) is 25.7 Å². The molecule has 0 aliphatic heterocycles. The van der Waals surface area contributed by atoms with Gasteiger partial charge in [0, 0.05) is 11.8 Å². The second-order valence-corrected chi connectivity index (χ2v) is 4.79. The highest BCUT2D eigenvalue weighted by Gasteiger charge is 2.46. The van der Waals surface area contributed by atoms with E-state index in [0.29, 0.717) is 19.3 Å². The molecule has 1 aliphatic rings. The molecule has 86 valence electrons. The summed E-state index contributed by atoms with van der Waals surface area (Å²) in [5, 5.41) is 0.818. The summed E-state index contributed by atoms with van der Waals surface area (Å²) in [5.41, 5.74) is -0.833. The molecule has 0 aromatic carbocycles. The Balaban J connectivity index is 2.82. The van der Waals surface area contributed by atoms with Gasteiger partial charge in [0.05, 0.1) is 7.11 Å². The van der Waals surface area contributed by atoms with E-state index < -0.39 is 5.41 Å². The number of ketones is 1. The summed E-state index contributed by atoms with van der Waals surface area (Å²) in [6.45, 7) is 0. The van der Waals surface area contributed by atoms with E-state index in [1.807, 2.05) is 0 Å². The normalized spacial score (nSPS) is 26.4. The van der Waals surface area contributed by atoms with Crippen LogP contribution in [0.2, 0.25) is 0 Å². The number of Topliss-reactive ketones (excluding diaryl/α,β-unsaturated/α-hetero) is 1. The van der Waals surface area contributed by atoms with Crippen molar-refractivity contribution in [2.24, 2.45) is 5.41 Å². The van der Waals surface area contributed by atoms with Crippen LogP contribution in [0.15, 0.2) is 0 Å². The molecule has 1 unspecified atom stereocenters. The Morgan fingerprint density at radius 1 is 1.53 bits per heavy atom. The molecule has 0 amide bonds. The van der Waals surface area contributed by atoms with Crippen LogP contribution in [0, 0.1) is 5.41 Å². The first-order chi connectivity index (χ1) is 7.17. The van der Waals surface area contributed by atoms with Crippen LogP contribution in [0.25, 0.3) is 0 Å². The number of methoxy groups -OCH3 is 1. The summed E-state index contributed by atoms with van der Waals surface area (Å²) < 4.78 is 4.79. The van der Waals surface area contributed by atoms with Crippen molar-refractivity contribution in [3.05, 3.63) is 0 Å². The quantitative estimate of drug-likeness (QED) is 0.450. The van der Waals surface area contributed by atoms with Gasteiger partial charge in [-0.3, -0.25) is 9.59 Å². The summed E-state index contributed by atoms with van der Waals surface area (Å²) in [5.74, 6) is -0.269. The van der Waals surface area contributed by atoms with Crippen LogP contribution in [-0.4, -0.2) is 24.2 Å². The van der Waals surface area contributed by atoms with Crippen molar-refractivity contribution in [3.8, 4) is 0 Å². The number of hydrogen-bond acceptors (Lipinski definition) is 3. The maximum atomic E-state index is 11.9. The summed E-state index contributed by atoms with van der Waals surface area (Å²) in [6.07, 6.45) is 4.49. The molecule has 1 atom stereocenters. The van der Waals surface area contributed by atoms with Gasteiger partial charge in [-0.25, -0.2) is 0 Å². The van der Waals surface area contributed by atoms with Crippen LogP contribution in [0.4, 0.5) is 0 Å². The Bertz CT molecular complexity index is 242. The Hall–Kier alpha value is -0.380. The maximum absolute atomic E-state index is 11.9. The van der Waals surface area contributed by atoms with E-state index in [1.165, 1.54) is 7.11 Å². The zero-order chi connectivity index (χ0) is 11.3. The molecule has 4 heteroatoms. The molecule has 0 saturated heterocycles. The Kier molecular flexibility index (Phi) is 4.77. The molecule has 15 heavy (non-hydrogen) atoms. The predicted molar refractivity (Wildman–Crippen MR) is 61.0 cm³/mol. The van der Waals surface area contributed by atoms with Crippen LogP contribution in [0.5, 0.6) is 0 Å². The molecule has 3 nitrogen and oxygen atoms in total. The highest BCUT2D eigenvalue weighted by Crippen LogP contribution is 2.38. The smallest absolute Gasteiger partial charge is 0.319 e. The lowest BCUT2D eigenvalue weighted by atomic mass is 9.70. The molecule has 0 bridgehead atoms. The molecule has 1 fully saturated rings. The lowest BCUT2D eigenvalue weighted by Crippen LogP contribution is -2.42. The molecule has 0 heterocycles. The summed E-state index contributed by atoms with van der Waals surface area (Å²) in [7, 11) is 1.36. The first-order valence-corrected chi connectivity index (χ1v) is 6.47. The molecule has 0 aromatic heterocycles. The average Bonchev–Trinajstić information content (AvgIpc) is 2.27. The topological polar surface area (TPSA) is 43.4 Å². The highest BCUT2D eigenvalue weighted by atomic mass is 79.9. The lowest BCUT2D eigenvalue weighted by molar-refractivity contribution is -0.160. The van der Waals surface area contributed by atoms with E-state index in [2.05, 4.69) is 15.9 Å². The molecule has 0 spiro atoms. The Morgan fingerprint density at radius 2 is 2.27 bits per heavy atom. The van der Waals surface area contributed by atoms with Gasteiger partial charge in [0.15, 0.2) is 0 Å². The fourth-order valence-electron chi connectivity index (χ4n) is 2.24. The number of ether oxygens (including phenoxy) is 1. The van der Waals surface area contributed by atoms with Gasteiger partial charge in [0.1, 0.15) is 11.2 Å². The number of carbonyl (C=O) groups excluding carboxylic acids is 2. The van der Waals surface area contributed by atoms with E-state index in [-0.39, 0.29) is 11.8 Å². The SMILES string of the molecule is COC(=O)C1(CCCBr)CCCCC1=O. The third kappa shape index (κ3) is 2.60. The van der Waals surface area contributed by atoms with Crippen LogP contribution in [0.3, 0.4) is 0 Å². The van der Waals surface area contributed by atoms with E-state index in [0.717, 1.165) is 24.6 Å². The molecule has 1 rings (SSSR count). The van der Waals surface area contributed by atoms with Crippen molar-refractivity contribution in [2.75, 3.05) is 12.4 Å². The minimum absolute atomic E-state index is 0.0709. The van der Waals surface area contributed by atoms with Crippen LogP contribution >= 0.6 is 15.9 Å². The van der Waals surface area contributed by atoms with Crippen molar-refractivity contribution in [3.63, 3.8) is 0 Å². The first kappa shape index (κ1) is 12.7. The van der Waals surface area contributed by atoms with Crippen molar-refractivity contribution in [1.29, 1.82) is 0 Å². The zero-order valence-electron chi connectivity index (χ0n) is 9.05. The van der Waals surface area contributed by atoms with Crippen molar-refractivity contribution < 1.29 is 14.3 Å². The Morgan fingerprint density at radius 3 is 2.80 bits per heavy atom. The van der Waals surface area contributed by atoms with Crippen molar-refractivity contribution >= 4 is 27.7 Å². The number of halogens is 1. The maximum Gasteiger partial charge on any atom is 0.319 e. The standard InChI is InChI=1S/C11H17BrO3/c1-15-10(14)11(7-4-8-12)6-3-2-5-9(11)13/h2-8H2,1H3. The highest BCUT2D eigenvalue weighted by molar-refractivity contribution is 9.09. The van der Waals surface area contributed by atoms with Gasteiger partial charge >= 0.3 is 5.97 Å². The largest absolute Gasteiger partial charge is 0.468 e. The fourth-order valence-corrected chi connectivity index (χ4v) is 2.52. The van der Waals surface area contributed by atoms with E-state index in [4.69, 9.17) is 4.74 Å². The van der Waals surface area contributed by atoms with E-state index in [9.17, 15) is 9.59 Å². The molecule has 1 aliphatic carbocycles. The summed E-state index contributed by atoms with van der Waals surface area (Å²) >= 11 is 3.33. The monoisotopic (exact) mass is 276 g/mol. The van der Waals surface area contributed by atoms with Gasteiger partial charge < -0.3 is 4.74 Å². The molecule has 0 radical (unpaired) electrons. The minimum atomic E-state index is -0.833. The number of rotatable bonds is 4. The van der Waals surface area contributed by atoms with Gasteiger partial charge in [-0.15, -0.1) is 0 Å². The average molecular weight is 277 g/mol. The van der Waals surface area contributed by atoms with Crippen molar-refractivity contribution in [1.82, 2.24) is 0 Å². The number of esters is 1. The van der Waals surface area contributed by atoms with Crippen molar-refractivity contribution in [2.45, 2.75) is 38.5 Å². The third-order valence-corrected chi connectivity index (χ3v) is 3.67. The second kappa shape index (κ2) is 5.64.